The van der Waals surface area contributed by atoms with Crippen LogP contribution in [0.1, 0.15) is 44.4 Å². The highest BCUT2D eigenvalue weighted by atomic mass is 16.5. The molecule has 0 spiro atoms. The van der Waals surface area contributed by atoms with E-state index < -0.39 is 0 Å². The van der Waals surface area contributed by atoms with Crippen molar-refractivity contribution in [3.8, 4) is 11.5 Å². The van der Waals surface area contributed by atoms with Gasteiger partial charge in [0.15, 0.2) is 18.1 Å². The Balaban J connectivity index is 1.55. The normalized spacial score (nSPS) is 14.4. The van der Waals surface area contributed by atoms with Crippen LogP contribution >= 0.6 is 0 Å². The van der Waals surface area contributed by atoms with Crippen molar-refractivity contribution in [3.63, 3.8) is 0 Å². The lowest BCUT2D eigenvalue weighted by molar-refractivity contribution is -0.123. The van der Waals surface area contributed by atoms with E-state index in [9.17, 15) is 4.79 Å². The maximum absolute atomic E-state index is 12.4. The Morgan fingerprint density at radius 2 is 1.83 bits per heavy atom. The molecule has 3 rings (SSSR count). The monoisotopic (exact) mass is 396 g/mol. The summed E-state index contributed by atoms with van der Waals surface area (Å²) in [5.74, 6) is 1.25. The summed E-state index contributed by atoms with van der Waals surface area (Å²) >= 11 is 0. The lowest BCUT2D eigenvalue weighted by Gasteiger charge is -2.20. The molecule has 5 nitrogen and oxygen atoms in total. The first-order valence-corrected chi connectivity index (χ1v) is 10.4. The highest BCUT2D eigenvalue weighted by molar-refractivity contribution is 5.77. The molecule has 2 aromatic carbocycles. The predicted molar refractivity (Wildman–Crippen MR) is 115 cm³/mol. The van der Waals surface area contributed by atoms with Crippen LogP contribution < -0.4 is 14.8 Å². The maximum Gasteiger partial charge on any atom is 0.258 e. The molecule has 1 aliphatic rings. The molecule has 0 fully saturated rings. The minimum atomic E-state index is -0.237. The number of nitrogens with zero attached hydrogens (tertiary/aromatic N) is 1. The van der Waals surface area contributed by atoms with Crippen LogP contribution in [0.5, 0.6) is 11.5 Å². The zero-order valence-corrected chi connectivity index (χ0v) is 18.0. The third-order valence-corrected chi connectivity index (χ3v) is 5.30. The Bertz CT molecular complexity index is 844. The van der Waals surface area contributed by atoms with Gasteiger partial charge >= 0.3 is 0 Å². The molecule has 0 unspecified atom stereocenters. The fraction of sp³-hybridized carbons (Fsp3) is 0.458. The predicted octanol–water partition coefficient (Wildman–Crippen LogP) is 3.94. The molecule has 29 heavy (non-hydrogen) atoms. The maximum atomic E-state index is 12.4. The van der Waals surface area contributed by atoms with Gasteiger partial charge in [-0.25, -0.2) is 0 Å². The topological polar surface area (TPSA) is 50.8 Å². The molecule has 0 radical (unpaired) electrons. The Morgan fingerprint density at radius 1 is 1.10 bits per heavy atom. The first-order chi connectivity index (χ1) is 13.9. The second-order valence-electron chi connectivity index (χ2n) is 8.08. The third-order valence-electron chi connectivity index (χ3n) is 5.30. The molecular weight excluding hydrogens is 364 g/mol. The highest BCUT2D eigenvalue weighted by Gasteiger charge is 2.32. The first-order valence-electron chi connectivity index (χ1n) is 10.4. The molecule has 0 aromatic heterocycles. The summed E-state index contributed by atoms with van der Waals surface area (Å²) in [7, 11) is 0. The molecule has 5 heteroatoms. The zero-order chi connectivity index (χ0) is 20.9. The van der Waals surface area contributed by atoms with Crippen molar-refractivity contribution < 1.29 is 14.3 Å². The molecule has 0 saturated heterocycles. The van der Waals surface area contributed by atoms with E-state index in [1.165, 1.54) is 5.56 Å². The Labute approximate surface area is 174 Å². The van der Waals surface area contributed by atoms with Crippen molar-refractivity contribution in [3.05, 3.63) is 59.2 Å². The van der Waals surface area contributed by atoms with Crippen LogP contribution in [0, 0.1) is 0 Å². The van der Waals surface area contributed by atoms with E-state index in [1.54, 1.807) is 0 Å². The van der Waals surface area contributed by atoms with Crippen molar-refractivity contribution in [2.24, 2.45) is 0 Å². The molecule has 0 saturated carbocycles. The number of nitrogens with one attached hydrogen (secondary N) is 1. The Morgan fingerprint density at radius 3 is 2.55 bits per heavy atom. The smallest absolute Gasteiger partial charge is 0.258 e. The fourth-order valence-electron chi connectivity index (χ4n) is 3.66. The molecule has 1 amide bonds. The van der Waals surface area contributed by atoms with Crippen LogP contribution in [0.2, 0.25) is 0 Å². The third kappa shape index (κ3) is 5.51. The molecule has 1 aliphatic heterocycles. The van der Waals surface area contributed by atoms with E-state index in [1.807, 2.05) is 30.3 Å². The average molecular weight is 397 g/mol. The lowest BCUT2D eigenvalue weighted by atomic mass is 10.0. The molecule has 156 valence electrons. The van der Waals surface area contributed by atoms with Gasteiger partial charge in [0.1, 0.15) is 5.60 Å². The van der Waals surface area contributed by atoms with Crippen LogP contribution in [-0.2, 0) is 24.3 Å². The molecular formula is C24H32N2O3. The van der Waals surface area contributed by atoms with Gasteiger partial charge in [-0.3, -0.25) is 9.69 Å². The van der Waals surface area contributed by atoms with Crippen LogP contribution in [-0.4, -0.2) is 36.1 Å². The van der Waals surface area contributed by atoms with Gasteiger partial charge in [-0.2, -0.15) is 0 Å². The first kappa shape index (κ1) is 21.2. The van der Waals surface area contributed by atoms with Gasteiger partial charge < -0.3 is 14.8 Å². The summed E-state index contributed by atoms with van der Waals surface area (Å²) in [6.07, 6.45) is 0.842. The van der Waals surface area contributed by atoms with Crippen molar-refractivity contribution in [1.29, 1.82) is 0 Å². The molecule has 1 heterocycles. The number of fused-ring (bicyclic) bond motifs is 1. The van der Waals surface area contributed by atoms with E-state index in [4.69, 9.17) is 9.47 Å². The molecule has 0 bridgehead atoms. The van der Waals surface area contributed by atoms with Gasteiger partial charge in [0.05, 0.1) is 0 Å². The number of hydrogen-bond acceptors (Lipinski definition) is 4. The summed E-state index contributed by atoms with van der Waals surface area (Å²) < 4.78 is 11.8. The van der Waals surface area contributed by atoms with Gasteiger partial charge in [-0.15, -0.1) is 0 Å². The van der Waals surface area contributed by atoms with Gasteiger partial charge in [-0.05, 0) is 44.1 Å². The number of para-hydroxylation sites is 1. The molecule has 1 N–H and O–H groups in total. The second-order valence-corrected chi connectivity index (χ2v) is 8.08. The minimum Gasteiger partial charge on any atom is -0.483 e. The number of carbonyl (C=O) groups excluding carboxylic acids is 1. The van der Waals surface area contributed by atoms with Gasteiger partial charge in [-0.1, -0.05) is 50.2 Å². The fourth-order valence-corrected chi connectivity index (χ4v) is 3.66. The van der Waals surface area contributed by atoms with Gasteiger partial charge in [0, 0.05) is 25.1 Å². The quantitative estimate of drug-likeness (QED) is 0.698. The standard InChI is InChI=1S/C24H32N2O3/c1-5-26(6-2)16-20-11-8-7-10-19(20)15-25-22(27)17-28-21-13-9-12-18-14-24(3,4)29-23(18)21/h7-13H,5-6,14-17H2,1-4H3,(H,25,27). The number of hydrogen-bond donors (Lipinski definition) is 1. The van der Waals surface area contributed by atoms with E-state index in [-0.39, 0.29) is 18.1 Å². The summed E-state index contributed by atoms with van der Waals surface area (Å²) in [5, 5.41) is 2.98. The summed E-state index contributed by atoms with van der Waals surface area (Å²) in [6.45, 7) is 11.8. The van der Waals surface area contributed by atoms with E-state index in [0.29, 0.717) is 12.3 Å². The zero-order valence-electron chi connectivity index (χ0n) is 18.0. The minimum absolute atomic E-state index is 0.0293. The number of benzene rings is 2. The van der Waals surface area contributed by atoms with Crippen LogP contribution in [0.25, 0.3) is 0 Å². The van der Waals surface area contributed by atoms with Crippen molar-refractivity contribution >= 4 is 5.91 Å². The number of rotatable bonds is 9. The van der Waals surface area contributed by atoms with Crippen molar-refractivity contribution in [2.75, 3.05) is 19.7 Å². The van der Waals surface area contributed by atoms with Crippen molar-refractivity contribution in [1.82, 2.24) is 10.2 Å². The summed E-state index contributed by atoms with van der Waals surface area (Å²) in [4.78, 5) is 14.7. The second kappa shape index (κ2) is 9.31. The van der Waals surface area contributed by atoms with E-state index >= 15 is 0 Å². The van der Waals surface area contributed by atoms with Crippen molar-refractivity contribution in [2.45, 2.75) is 52.8 Å². The Kier molecular flexibility index (Phi) is 6.80. The molecule has 0 atom stereocenters. The highest BCUT2D eigenvalue weighted by Crippen LogP contribution is 2.41. The van der Waals surface area contributed by atoms with E-state index in [0.717, 1.165) is 42.9 Å². The number of amides is 1. The van der Waals surface area contributed by atoms with Gasteiger partial charge in [0.25, 0.3) is 5.91 Å². The molecule has 0 aliphatic carbocycles. The SMILES string of the molecule is CCN(CC)Cc1ccccc1CNC(=O)COc1cccc2c1OC(C)(C)C2. The van der Waals surface area contributed by atoms with Crippen LogP contribution in [0.3, 0.4) is 0 Å². The van der Waals surface area contributed by atoms with Crippen LogP contribution in [0.15, 0.2) is 42.5 Å². The van der Waals surface area contributed by atoms with Crippen LogP contribution in [0.4, 0.5) is 0 Å². The Hall–Kier alpha value is -2.53. The van der Waals surface area contributed by atoms with E-state index in [2.05, 4.69) is 50.0 Å². The molecule has 2 aromatic rings. The average Bonchev–Trinajstić information content (AvgIpc) is 3.03. The largest absolute Gasteiger partial charge is 0.483 e. The summed E-state index contributed by atoms with van der Waals surface area (Å²) in [5.41, 5.74) is 3.27. The summed E-state index contributed by atoms with van der Waals surface area (Å²) in [6, 6.07) is 14.1. The van der Waals surface area contributed by atoms with Gasteiger partial charge in [0.2, 0.25) is 0 Å². The number of carbonyl (C=O) groups is 1. The lowest BCUT2D eigenvalue weighted by Crippen LogP contribution is -2.29. The number of ether oxygens (including phenoxy) is 2.